The number of hydrogen-bond acceptors (Lipinski definition) is 4. The molecule has 0 saturated heterocycles. The fraction of sp³-hybridized carbons (Fsp3) is 0.895. The molecular formula is C19H32O4. The lowest BCUT2D eigenvalue weighted by Crippen LogP contribution is -2.36. The second-order valence-corrected chi connectivity index (χ2v) is 8.37. The summed E-state index contributed by atoms with van der Waals surface area (Å²) < 4.78 is 10.8. The van der Waals surface area contributed by atoms with Gasteiger partial charge in [0, 0.05) is 0 Å². The summed E-state index contributed by atoms with van der Waals surface area (Å²) in [6.45, 7) is 8.92. The molecule has 0 amide bonds. The van der Waals surface area contributed by atoms with E-state index >= 15 is 0 Å². The summed E-state index contributed by atoms with van der Waals surface area (Å²) in [5, 5.41) is 0. The number of carbonyl (C=O) groups is 2. The Kier molecular flexibility index (Phi) is 6.10. The molecule has 23 heavy (non-hydrogen) atoms. The summed E-state index contributed by atoms with van der Waals surface area (Å²) in [5.74, 6) is 0.587. The Morgan fingerprint density at radius 3 is 2.04 bits per heavy atom. The summed E-state index contributed by atoms with van der Waals surface area (Å²) in [6, 6.07) is 0. The highest BCUT2D eigenvalue weighted by molar-refractivity contribution is 5.81. The van der Waals surface area contributed by atoms with Gasteiger partial charge in [-0.3, -0.25) is 9.59 Å². The molecule has 2 fully saturated rings. The van der Waals surface area contributed by atoms with E-state index in [1.54, 1.807) is 0 Å². The van der Waals surface area contributed by atoms with E-state index in [0.29, 0.717) is 25.0 Å². The van der Waals surface area contributed by atoms with Gasteiger partial charge in [-0.05, 0) is 55.3 Å². The van der Waals surface area contributed by atoms with Gasteiger partial charge in [-0.2, -0.15) is 0 Å². The zero-order chi connectivity index (χ0) is 17.0. The maximum atomic E-state index is 12.7. The lowest BCUT2D eigenvalue weighted by atomic mass is 9.71. The van der Waals surface area contributed by atoms with Crippen molar-refractivity contribution in [3.63, 3.8) is 0 Å². The zero-order valence-corrected chi connectivity index (χ0v) is 15.1. The van der Waals surface area contributed by atoms with Crippen molar-refractivity contribution in [2.45, 2.75) is 66.2 Å². The Balaban J connectivity index is 2.02. The normalized spacial score (nSPS) is 27.5. The van der Waals surface area contributed by atoms with Crippen LogP contribution in [0.2, 0.25) is 0 Å². The molecule has 4 nitrogen and oxygen atoms in total. The summed E-state index contributed by atoms with van der Waals surface area (Å²) in [7, 11) is 0. The van der Waals surface area contributed by atoms with Gasteiger partial charge < -0.3 is 9.47 Å². The van der Waals surface area contributed by atoms with Crippen molar-refractivity contribution in [2.75, 3.05) is 13.2 Å². The highest BCUT2D eigenvalue weighted by Gasteiger charge is 2.53. The van der Waals surface area contributed by atoms with Crippen LogP contribution in [-0.4, -0.2) is 25.2 Å². The molecule has 0 heterocycles. The Morgan fingerprint density at radius 1 is 1.00 bits per heavy atom. The summed E-state index contributed by atoms with van der Waals surface area (Å²) in [4.78, 5) is 24.9. The molecule has 0 aromatic heterocycles. The lowest BCUT2D eigenvalue weighted by molar-refractivity contribution is -0.161. The minimum absolute atomic E-state index is 0.0183. The third-order valence-corrected chi connectivity index (χ3v) is 5.33. The number of hydrogen-bond donors (Lipinski definition) is 0. The average molecular weight is 324 g/mol. The predicted molar refractivity (Wildman–Crippen MR) is 88.7 cm³/mol. The molecule has 0 aromatic rings. The van der Waals surface area contributed by atoms with Crippen LogP contribution in [-0.2, 0) is 19.1 Å². The zero-order valence-electron chi connectivity index (χ0n) is 15.1. The number of rotatable bonds is 8. The van der Waals surface area contributed by atoms with Crippen molar-refractivity contribution in [1.82, 2.24) is 0 Å². The average Bonchev–Trinajstić information content (AvgIpc) is 3.09. The molecule has 1 atom stereocenters. The molecule has 0 aromatic carbocycles. The number of esters is 2. The molecular weight excluding hydrogens is 292 g/mol. The number of carbonyl (C=O) groups excluding carboxylic acids is 2. The first-order valence-corrected chi connectivity index (χ1v) is 9.14. The first kappa shape index (κ1) is 18.3. The topological polar surface area (TPSA) is 52.6 Å². The quantitative estimate of drug-likeness (QED) is 0.634. The third kappa shape index (κ3) is 4.71. The fourth-order valence-electron chi connectivity index (χ4n) is 4.11. The van der Waals surface area contributed by atoms with Gasteiger partial charge in [0.2, 0.25) is 0 Å². The van der Waals surface area contributed by atoms with Crippen molar-refractivity contribution >= 4 is 11.9 Å². The van der Waals surface area contributed by atoms with Gasteiger partial charge in [-0.15, -0.1) is 0 Å². The van der Waals surface area contributed by atoms with Crippen LogP contribution in [0.1, 0.15) is 66.2 Å². The maximum Gasteiger partial charge on any atom is 0.310 e. The van der Waals surface area contributed by atoms with E-state index in [1.807, 2.05) is 27.7 Å². The SMILES string of the molecule is CC(C)COC(=O)CC(C(=O)OCC(C)C)C12CCC(CC1)C2. The first-order valence-electron chi connectivity index (χ1n) is 9.14. The highest BCUT2D eigenvalue weighted by Crippen LogP contribution is 2.59. The second-order valence-electron chi connectivity index (χ2n) is 8.37. The van der Waals surface area contributed by atoms with Gasteiger partial charge in [0.15, 0.2) is 0 Å². The van der Waals surface area contributed by atoms with E-state index in [-0.39, 0.29) is 29.7 Å². The Morgan fingerprint density at radius 2 is 1.57 bits per heavy atom. The molecule has 0 spiro atoms. The van der Waals surface area contributed by atoms with Crippen molar-refractivity contribution in [2.24, 2.45) is 29.1 Å². The minimum atomic E-state index is -0.326. The molecule has 0 aliphatic heterocycles. The molecule has 2 saturated carbocycles. The van der Waals surface area contributed by atoms with Gasteiger partial charge in [0.25, 0.3) is 0 Å². The van der Waals surface area contributed by atoms with E-state index in [0.717, 1.165) is 25.2 Å². The monoisotopic (exact) mass is 324 g/mol. The molecule has 132 valence electrons. The van der Waals surface area contributed by atoms with Crippen molar-refractivity contribution < 1.29 is 19.1 Å². The Labute approximate surface area is 140 Å². The summed E-state index contributed by atoms with van der Waals surface area (Å²) in [5.41, 5.74) is -0.0183. The van der Waals surface area contributed by atoms with Crippen LogP contribution in [0.3, 0.4) is 0 Å². The smallest absolute Gasteiger partial charge is 0.310 e. The van der Waals surface area contributed by atoms with Crippen LogP contribution in [0.4, 0.5) is 0 Å². The Bertz CT molecular complexity index is 419. The van der Waals surface area contributed by atoms with Crippen molar-refractivity contribution in [3.05, 3.63) is 0 Å². The molecule has 0 N–H and O–H groups in total. The third-order valence-electron chi connectivity index (χ3n) is 5.33. The predicted octanol–water partition coefficient (Wildman–Crippen LogP) is 3.97. The summed E-state index contributed by atoms with van der Waals surface area (Å²) in [6.07, 6.45) is 5.74. The maximum absolute atomic E-state index is 12.7. The molecule has 1 unspecified atom stereocenters. The van der Waals surface area contributed by atoms with Crippen LogP contribution in [0.5, 0.6) is 0 Å². The number of fused-ring (bicyclic) bond motifs is 2. The summed E-state index contributed by atoms with van der Waals surface area (Å²) >= 11 is 0. The van der Waals surface area contributed by atoms with Gasteiger partial charge in [0.1, 0.15) is 0 Å². The largest absolute Gasteiger partial charge is 0.465 e. The van der Waals surface area contributed by atoms with E-state index in [9.17, 15) is 9.59 Å². The molecule has 2 aliphatic carbocycles. The lowest BCUT2D eigenvalue weighted by Gasteiger charge is -2.34. The van der Waals surface area contributed by atoms with Crippen LogP contribution in [0, 0.1) is 29.1 Å². The highest BCUT2D eigenvalue weighted by atomic mass is 16.5. The van der Waals surface area contributed by atoms with Crippen LogP contribution in [0.15, 0.2) is 0 Å². The molecule has 0 radical (unpaired) electrons. The Hall–Kier alpha value is -1.06. The van der Waals surface area contributed by atoms with Gasteiger partial charge in [0.05, 0.1) is 25.6 Å². The van der Waals surface area contributed by atoms with E-state index in [2.05, 4.69) is 0 Å². The van der Waals surface area contributed by atoms with E-state index in [1.165, 1.54) is 12.8 Å². The first-order chi connectivity index (χ1) is 10.8. The fourth-order valence-corrected chi connectivity index (χ4v) is 4.11. The molecule has 2 bridgehead atoms. The molecule has 2 aliphatic rings. The van der Waals surface area contributed by atoms with Crippen molar-refractivity contribution in [3.8, 4) is 0 Å². The van der Waals surface area contributed by atoms with Gasteiger partial charge in [-0.25, -0.2) is 0 Å². The molecule has 4 heteroatoms. The van der Waals surface area contributed by atoms with Gasteiger partial charge >= 0.3 is 11.9 Å². The molecule has 2 rings (SSSR count). The van der Waals surface area contributed by atoms with E-state index in [4.69, 9.17) is 9.47 Å². The van der Waals surface area contributed by atoms with Crippen LogP contribution >= 0.6 is 0 Å². The van der Waals surface area contributed by atoms with Crippen LogP contribution < -0.4 is 0 Å². The van der Waals surface area contributed by atoms with E-state index < -0.39 is 0 Å². The van der Waals surface area contributed by atoms with Gasteiger partial charge in [-0.1, -0.05) is 27.7 Å². The van der Waals surface area contributed by atoms with Crippen LogP contribution in [0.25, 0.3) is 0 Å². The van der Waals surface area contributed by atoms with Crippen molar-refractivity contribution in [1.29, 1.82) is 0 Å². The number of ether oxygens (including phenoxy) is 2. The standard InChI is InChI=1S/C19H32O4/c1-13(2)11-22-17(20)9-16(18(21)23-12-14(3)4)19-7-5-15(10-19)6-8-19/h13-16H,5-12H2,1-4H3. The second kappa shape index (κ2) is 7.67. The minimum Gasteiger partial charge on any atom is -0.465 e.